The number of unbranched alkanes of at least 4 members (excludes halogenated alkanes) is 1. The highest BCUT2D eigenvalue weighted by atomic mass is 28.4. The molecule has 29 heavy (non-hydrogen) atoms. The summed E-state index contributed by atoms with van der Waals surface area (Å²) in [4.78, 5) is 23.9. The number of ether oxygens (including phenoxy) is 1. The number of aliphatic hydroxyl groups is 1. The fourth-order valence-electron chi connectivity index (χ4n) is 3.19. The molecular formula is C23H28O5Si. The zero-order chi connectivity index (χ0) is 21.1. The van der Waals surface area contributed by atoms with Crippen molar-refractivity contribution in [3.63, 3.8) is 0 Å². The number of hydrogen-bond donors (Lipinski definition) is 1. The van der Waals surface area contributed by atoms with E-state index in [2.05, 4.69) is 6.92 Å². The molecule has 2 aromatic carbocycles. The van der Waals surface area contributed by atoms with E-state index in [9.17, 15) is 14.7 Å². The lowest BCUT2D eigenvalue weighted by Gasteiger charge is -2.32. The third kappa shape index (κ3) is 6.14. The quantitative estimate of drug-likeness (QED) is 0.266. The van der Waals surface area contributed by atoms with Gasteiger partial charge in [-0.2, -0.15) is 0 Å². The number of rotatable bonds is 11. The van der Waals surface area contributed by atoms with Crippen LogP contribution in [0.15, 0.2) is 72.5 Å². The summed E-state index contributed by atoms with van der Waals surface area (Å²) < 4.78 is 11.1. The van der Waals surface area contributed by atoms with Crippen LogP contribution in [0.2, 0.25) is 6.04 Å². The standard InChI is InChI=1S/C23H28O5Si/c1-3-5-16-29(20-12-8-6-9-13-20,21-14-10-7-11-15-21)28-18-19(24)17-22(25)23(26)27-4-2/h6-15,17,25H,3-5,16,18H2,1-2H3. The molecule has 0 amide bonds. The predicted octanol–water partition coefficient (Wildman–Crippen LogP) is 3.14. The van der Waals surface area contributed by atoms with Crippen molar-refractivity contribution in [2.75, 3.05) is 13.2 Å². The number of hydrogen-bond acceptors (Lipinski definition) is 5. The van der Waals surface area contributed by atoms with E-state index in [-0.39, 0.29) is 13.2 Å². The van der Waals surface area contributed by atoms with Gasteiger partial charge < -0.3 is 14.3 Å². The van der Waals surface area contributed by atoms with Crippen molar-refractivity contribution in [1.82, 2.24) is 0 Å². The predicted molar refractivity (Wildman–Crippen MR) is 116 cm³/mol. The minimum Gasteiger partial charge on any atom is -0.502 e. The van der Waals surface area contributed by atoms with Gasteiger partial charge in [0, 0.05) is 6.08 Å². The Hall–Kier alpha value is -2.70. The highest BCUT2D eigenvalue weighted by Gasteiger charge is 2.39. The van der Waals surface area contributed by atoms with Crippen LogP contribution in [0.1, 0.15) is 26.7 Å². The smallest absolute Gasteiger partial charge is 0.373 e. The number of aliphatic hydroxyl groups excluding tert-OH is 1. The summed E-state index contributed by atoms with van der Waals surface area (Å²) >= 11 is 0. The topological polar surface area (TPSA) is 72.8 Å². The van der Waals surface area contributed by atoms with Crippen LogP contribution in [0, 0.1) is 0 Å². The van der Waals surface area contributed by atoms with Gasteiger partial charge in [-0.1, -0.05) is 80.4 Å². The minimum absolute atomic E-state index is 0.122. The number of esters is 1. The Morgan fingerprint density at radius 1 is 0.966 bits per heavy atom. The van der Waals surface area contributed by atoms with Crippen molar-refractivity contribution in [3.8, 4) is 0 Å². The lowest BCUT2D eigenvalue weighted by Crippen LogP contribution is -2.61. The maximum atomic E-state index is 12.4. The molecule has 0 heterocycles. The Bertz CT molecular complexity index is 778. The van der Waals surface area contributed by atoms with Crippen molar-refractivity contribution in [1.29, 1.82) is 0 Å². The molecule has 0 aliphatic carbocycles. The third-order valence-electron chi connectivity index (χ3n) is 4.61. The molecule has 0 fully saturated rings. The molecule has 0 spiro atoms. The first-order chi connectivity index (χ1) is 14.0. The summed E-state index contributed by atoms with van der Waals surface area (Å²) in [5.41, 5.74) is 0. The molecular weight excluding hydrogens is 384 g/mol. The number of carbonyl (C=O) groups excluding carboxylic acids is 2. The Kier molecular flexibility index (Phi) is 8.83. The highest BCUT2D eigenvalue weighted by Crippen LogP contribution is 2.17. The zero-order valence-electron chi connectivity index (χ0n) is 17.0. The van der Waals surface area contributed by atoms with Gasteiger partial charge in [0.05, 0.1) is 13.2 Å². The number of ketones is 1. The van der Waals surface area contributed by atoms with E-state index in [1.807, 2.05) is 60.7 Å². The van der Waals surface area contributed by atoms with Gasteiger partial charge in [-0.05, 0) is 23.3 Å². The van der Waals surface area contributed by atoms with Crippen LogP contribution in [0.5, 0.6) is 0 Å². The van der Waals surface area contributed by atoms with Crippen molar-refractivity contribution in [3.05, 3.63) is 72.5 Å². The van der Waals surface area contributed by atoms with Crippen molar-refractivity contribution < 1.29 is 23.9 Å². The van der Waals surface area contributed by atoms with Crippen LogP contribution >= 0.6 is 0 Å². The molecule has 2 aromatic rings. The molecule has 6 heteroatoms. The molecule has 0 unspecified atom stereocenters. The summed E-state index contributed by atoms with van der Waals surface area (Å²) in [6.45, 7) is 3.66. The first-order valence-electron chi connectivity index (χ1n) is 9.89. The Morgan fingerprint density at radius 2 is 1.52 bits per heavy atom. The van der Waals surface area contributed by atoms with Crippen LogP contribution in [-0.2, 0) is 18.8 Å². The zero-order valence-corrected chi connectivity index (χ0v) is 18.0. The largest absolute Gasteiger partial charge is 0.502 e. The summed E-state index contributed by atoms with van der Waals surface area (Å²) in [6.07, 6.45) is 2.86. The molecule has 1 N–H and O–H groups in total. The van der Waals surface area contributed by atoms with Crippen LogP contribution in [0.3, 0.4) is 0 Å². The van der Waals surface area contributed by atoms with E-state index < -0.39 is 25.8 Å². The molecule has 0 saturated heterocycles. The molecule has 5 nitrogen and oxygen atoms in total. The minimum atomic E-state index is -2.67. The van der Waals surface area contributed by atoms with Gasteiger partial charge in [0.1, 0.15) is 0 Å². The summed E-state index contributed by atoms with van der Waals surface area (Å²) in [5.74, 6) is -2.10. The van der Waals surface area contributed by atoms with E-state index >= 15 is 0 Å². The van der Waals surface area contributed by atoms with Crippen LogP contribution < -0.4 is 10.4 Å². The molecule has 0 bridgehead atoms. The second kappa shape index (κ2) is 11.3. The summed E-state index contributed by atoms with van der Waals surface area (Å²) in [5, 5.41) is 11.9. The molecule has 0 saturated carbocycles. The molecule has 0 aliphatic heterocycles. The average Bonchev–Trinajstić information content (AvgIpc) is 2.75. The van der Waals surface area contributed by atoms with Crippen LogP contribution in [0.25, 0.3) is 0 Å². The molecule has 0 radical (unpaired) electrons. The number of carbonyl (C=O) groups is 2. The first kappa shape index (κ1) is 22.6. The Labute approximate surface area is 173 Å². The van der Waals surface area contributed by atoms with E-state index in [0.717, 1.165) is 35.3 Å². The highest BCUT2D eigenvalue weighted by molar-refractivity contribution is 6.97. The van der Waals surface area contributed by atoms with Gasteiger partial charge in [0.15, 0.2) is 5.78 Å². The van der Waals surface area contributed by atoms with Gasteiger partial charge in [-0.25, -0.2) is 4.79 Å². The van der Waals surface area contributed by atoms with Crippen LogP contribution in [0.4, 0.5) is 0 Å². The Balaban J connectivity index is 2.34. The van der Waals surface area contributed by atoms with E-state index in [1.54, 1.807) is 6.92 Å². The van der Waals surface area contributed by atoms with E-state index in [1.165, 1.54) is 0 Å². The first-order valence-corrected chi connectivity index (χ1v) is 12.0. The fourth-order valence-corrected chi connectivity index (χ4v) is 7.28. The second-order valence-corrected chi connectivity index (χ2v) is 10.3. The summed E-state index contributed by atoms with van der Waals surface area (Å²) in [7, 11) is -2.67. The number of benzene rings is 2. The van der Waals surface area contributed by atoms with Gasteiger partial charge in [-0.3, -0.25) is 4.79 Å². The lowest BCUT2D eigenvalue weighted by molar-refractivity contribution is -0.141. The maximum Gasteiger partial charge on any atom is 0.373 e. The third-order valence-corrected chi connectivity index (χ3v) is 8.83. The summed E-state index contributed by atoms with van der Waals surface area (Å²) in [6, 6.07) is 20.8. The molecule has 0 aliphatic rings. The van der Waals surface area contributed by atoms with E-state index in [4.69, 9.17) is 9.16 Å². The maximum absolute atomic E-state index is 12.4. The van der Waals surface area contributed by atoms with Crippen molar-refractivity contribution >= 4 is 30.4 Å². The van der Waals surface area contributed by atoms with Crippen LogP contribution in [-0.4, -0.2) is 38.4 Å². The normalized spacial score (nSPS) is 11.9. The molecule has 0 atom stereocenters. The second-order valence-electron chi connectivity index (χ2n) is 6.67. The molecule has 2 rings (SSSR count). The van der Waals surface area contributed by atoms with Crippen molar-refractivity contribution in [2.24, 2.45) is 0 Å². The van der Waals surface area contributed by atoms with Gasteiger partial charge in [0.2, 0.25) is 5.76 Å². The molecule has 0 aromatic heterocycles. The van der Waals surface area contributed by atoms with Gasteiger partial charge in [0.25, 0.3) is 8.32 Å². The monoisotopic (exact) mass is 412 g/mol. The Morgan fingerprint density at radius 3 is 2.00 bits per heavy atom. The molecule has 154 valence electrons. The van der Waals surface area contributed by atoms with E-state index in [0.29, 0.717) is 0 Å². The van der Waals surface area contributed by atoms with Crippen molar-refractivity contribution in [2.45, 2.75) is 32.7 Å². The van der Waals surface area contributed by atoms with Gasteiger partial charge >= 0.3 is 5.97 Å². The average molecular weight is 413 g/mol. The SMILES string of the molecule is CCCC[Si](OCC(=O)C=C(O)C(=O)OCC)(c1ccccc1)c1ccccc1. The fraction of sp³-hybridized carbons (Fsp3) is 0.304. The van der Waals surface area contributed by atoms with Gasteiger partial charge in [-0.15, -0.1) is 0 Å². The lowest BCUT2D eigenvalue weighted by atomic mass is 10.3.